The summed E-state index contributed by atoms with van der Waals surface area (Å²) in [7, 11) is 0. The van der Waals surface area contributed by atoms with Crippen LogP contribution in [0.2, 0.25) is 0 Å². The molecule has 1 saturated carbocycles. The Morgan fingerprint density at radius 3 is 2.69 bits per heavy atom. The number of nitrogens with zero attached hydrogens (tertiary/aromatic N) is 1. The molecule has 1 atom stereocenters. The zero-order valence-corrected chi connectivity index (χ0v) is 11.1. The number of likely N-dealkylation sites (tertiary alicyclic amines) is 1. The van der Waals surface area contributed by atoms with Gasteiger partial charge in [0.05, 0.1) is 0 Å². The SMILES string of the molecule is CC1CCCN(CC2(CS)CCCC2)C1=O. The molecule has 0 spiro atoms. The van der Waals surface area contributed by atoms with Gasteiger partial charge in [0.25, 0.3) is 0 Å². The van der Waals surface area contributed by atoms with E-state index >= 15 is 0 Å². The standard InChI is InChI=1S/C13H23NOS/c1-11-5-4-8-14(12(11)15)9-13(10-16)6-2-3-7-13/h11,16H,2-10H2,1H3. The first kappa shape index (κ1) is 12.3. The smallest absolute Gasteiger partial charge is 0.225 e. The lowest BCUT2D eigenvalue weighted by Gasteiger charge is -2.38. The van der Waals surface area contributed by atoms with E-state index in [2.05, 4.69) is 24.5 Å². The van der Waals surface area contributed by atoms with E-state index < -0.39 is 0 Å². The van der Waals surface area contributed by atoms with Gasteiger partial charge in [0.1, 0.15) is 0 Å². The summed E-state index contributed by atoms with van der Waals surface area (Å²) in [5, 5.41) is 0. The second-order valence-electron chi connectivity index (χ2n) is 5.67. The molecule has 3 heteroatoms. The van der Waals surface area contributed by atoms with Crippen LogP contribution in [0.1, 0.15) is 45.4 Å². The van der Waals surface area contributed by atoms with Crippen LogP contribution in [0, 0.1) is 11.3 Å². The Morgan fingerprint density at radius 2 is 2.06 bits per heavy atom. The molecule has 1 aliphatic carbocycles. The normalized spacial score (nSPS) is 29.8. The van der Waals surface area contributed by atoms with Crippen molar-refractivity contribution in [3.05, 3.63) is 0 Å². The van der Waals surface area contributed by atoms with Crippen LogP contribution >= 0.6 is 12.6 Å². The summed E-state index contributed by atoms with van der Waals surface area (Å²) in [5.74, 6) is 1.55. The Bertz CT molecular complexity index is 261. The summed E-state index contributed by atoms with van der Waals surface area (Å²) in [4.78, 5) is 14.2. The predicted molar refractivity (Wildman–Crippen MR) is 69.7 cm³/mol. The van der Waals surface area contributed by atoms with Crippen molar-refractivity contribution in [1.82, 2.24) is 4.90 Å². The third kappa shape index (κ3) is 2.39. The van der Waals surface area contributed by atoms with Crippen molar-refractivity contribution in [2.45, 2.75) is 45.4 Å². The van der Waals surface area contributed by atoms with Crippen molar-refractivity contribution < 1.29 is 4.79 Å². The predicted octanol–water partition coefficient (Wildman–Crippen LogP) is 2.74. The highest BCUT2D eigenvalue weighted by Crippen LogP contribution is 2.40. The summed E-state index contributed by atoms with van der Waals surface area (Å²) in [6, 6.07) is 0. The fourth-order valence-corrected chi connectivity index (χ4v) is 3.60. The molecule has 0 aromatic rings. The second kappa shape index (κ2) is 4.99. The summed E-state index contributed by atoms with van der Waals surface area (Å²) in [6.45, 7) is 3.99. The Morgan fingerprint density at radius 1 is 1.38 bits per heavy atom. The minimum absolute atomic E-state index is 0.243. The van der Waals surface area contributed by atoms with Crippen LogP contribution in [0.4, 0.5) is 0 Å². The Labute approximate surface area is 104 Å². The molecule has 0 bridgehead atoms. The maximum Gasteiger partial charge on any atom is 0.225 e. The average Bonchev–Trinajstić information content (AvgIpc) is 2.74. The van der Waals surface area contributed by atoms with Crippen LogP contribution in [-0.2, 0) is 4.79 Å². The number of thiol groups is 1. The third-order valence-electron chi connectivity index (χ3n) is 4.32. The van der Waals surface area contributed by atoms with E-state index in [1.54, 1.807) is 0 Å². The van der Waals surface area contributed by atoms with Crippen molar-refractivity contribution in [2.75, 3.05) is 18.8 Å². The van der Waals surface area contributed by atoms with E-state index in [1.165, 1.54) is 32.1 Å². The number of piperidine rings is 1. The van der Waals surface area contributed by atoms with Gasteiger partial charge in [-0.15, -0.1) is 0 Å². The topological polar surface area (TPSA) is 20.3 Å². The quantitative estimate of drug-likeness (QED) is 0.753. The Hall–Kier alpha value is -0.180. The van der Waals surface area contributed by atoms with E-state index in [-0.39, 0.29) is 5.92 Å². The Balaban J connectivity index is 1.99. The molecule has 0 aromatic carbocycles. The summed E-state index contributed by atoms with van der Waals surface area (Å²) >= 11 is 4.52. The highest BCUT2D eigenvalue weighted by atomic mass is 32.1. The average molecular weight is 241 g/mol. The minimum Gasteiger partial charge on any atom is -0.342 e. The van der Waals surface area contributed by atoms with Gasteiger partial charge >= 0.3 is 0 Å². The lowest BCUT2D eigenvalue weighted by Crippen LogP contribution is -2.46. The number of amides is 1. The second-order valence-corrected chi connectivity index (χ2v) is 5.98. The molecule has 2 rings (SSSR count). The summed E-state index contributed by atoms with van der Waals surface area (Å²) < 4.78 is 0. The van der Waals surface area contributed by atoms with Crippen molar-refractivity contribution in [3.8, 4) is 0 Å². The van der Waals surface area contributed by atoms with Gasteiger partial charge in [-0.3, -0.25) is 4.79 Å². The van der Waals surface area contributed by atoms with Crippen LogP contribution in [0.15, 0.2) is 0 Å². The first-order chi connectivity index (χ1) is 7.67. The fraction of sp³-hybridized carbons (Fsp3) is 0.923. The molecule has 0 aromatic heterocycles. The molecule has 1 amide bonds. The van der Waals surface area contributed by atoms with E-state index in [0.29, 0.717) is 11.3 Å². The van der Waals surface area contributed by atoms with Crippen molar-refractivity contribution in [1.29, 1.82) is 0 Å². The molecular formula is C13H23NOS. The van der Waals surface area contributed by atoms with Gasteiger partial charge in [-0.25, -0.2) is 0 Å². The molecule has 0 radical (unpaired) electrons. The minimum atomic E-state index is 0.243. The van der Waals surface area contributed by atoms with Crippen LogP contribution in [0.5, 0.6) is 0 Å². The van der Waals surface area contributed by atoms with E-state index in [1.807, 2.05) is 0 Å². The lowest BCUT2D eigenvalue weighted by atomic mass is 9.86. The van der Waals surface area contributed by atoms with Gasteiger partial charge in [-0.2, -0.15) is 12.6 Å². The number of rotatable bonds is 3. The van der Waals surface area contributed by atoms with Gasteiger partial charge in [0.15, 0.2) is 0 Å². The monoisotopic (exact) mass is 241 g/mol. The zero-order chi connectivity index (χ0) is 11.6. The van der Waals surface area contributed by atoms with Crippen molar-refractivity contribution >= 4 is 18.5 Å². The molecule has 1 aliphatic heterocycles. The van der Waals surface area contributed by atoms with Crippen molar-refractivity contribution in [3.63, 3.8) is 0 Å². The van der Waals surface area contributed by atoms with E-state index in [0.717, 1.165) is 25.3 Å². The largest absolute Gasteiger partial charge is 0.342 e. The Kier molecular flexibility index (Phi) is 3.83. The molecule has 2 fully saturated rings. The fourth-order valence-electron chi connectivity index (χ4n) is 3.19. The number of hydrogen-bond acceptors (Lipinski definition) is 2. The maximum atomic E-state index is 12.1. The number of carbonyl (C=O) groups is 1. The van der Waals surface area contributed by atoms with E-state index in [4.69, 9.17) is 0 Å². The van der Waals surface area contributed by atoms with E-state index in [9.17, 15) is 4.79 Å². The lowest BCUT2D eigenvalue weighted by molar-refractivity contribution is -0.139. The molecule has 0 N–H and O–H groups in total. The van der Waals surface area contributed by atoms with Crippen LogP contribution in [0.3, 0.4) is 0 Å². The van der Waals surface area contributed by atoms with Gasteiger partial charge < -0.3 is 4.90 Å². The van der Waals surface area contributed by atoms with Gasteiger partial charge in [0, 0.05) is 19.0 Å². The van der Waals surface area contributed by atoms with Gasteiger partial charge in [-0.05, 0) is 36.9 Å². The first-order valence-corrected chi connectivity index (χ1v) is 7.20. The molecule has 1 saturated heterocycles. The highest BCUT2D eigenvalue weighted by Gasteiger charge is 2.37. The maximum absolute atomic E-state index is 12.1. The summed E-state index contributed by atoms with van der Waals surface area (Å²) in [6.07, 6.45) is 7.40. The van der Waals surface area contributed by atoms with Gasteiger partial charge in [0.2, 0.25) is 5.91 Å². The van der Waals surface area contributed by atoms with Crippen LogP contribution < -0.4 is 0 Å². The molecule has 1 heterocycles. The molecule has 2 nitrogen and oxygen atoms in total. The molecule has 1 unspecified atom stereocenters. The summed E-state index contributed by atoms with van der Waals surface area (Å²) in [5.41, 5.74) is 0.329. The van der Waals surface area contributed by atoms with Gasteiger partial charge in [-0.1, -0.05) is 19.8 Å². The van der Waals surface area contributed by atoms with Crippen LogP contribution in [-0.4, -0.2) is 29.6 Å². The highest BCUT2D eigenvalue weighted by molar-refractivity contribution is 7.80. The molecule has 16 heavy (non-hydrogen) atoms. The number of carbonyl (C=O) groups excluding carboxylic acids is 1. The van der Waals surface area contributed by atoms with Crippen LogP contribution in [0.25, 0.3) is 0 Å². The molecule has 2 aliphatic rings. The first-order valence-electron chi connectivity index (χ1n) is 6.56. The zero-order valence-electron chi connectivity index (χ0n) is 10.2. The molecule has 92 valence electrons. The number of hydrogen-bond donors (Lipinski definition) is 1. The van der Waals surface area contributed by atoms with Crippen molar-refractivity contribution in [2.24, 2.45) is 11.3 Å². The molecular weight excluding hydrogens is 218 g/mol. The third-order valence-corrected chi connectivity index (χ3v) is 5.00.